The van der Waals surface area contributed by atoms with Crippen molar-refractivity contribution in [3.05, 3.63) is 53.6 Å². The Balaban J connectivity index is 2.07. The molecule has 0 spiro atoms. The van der Waals surface area contributed by atoms with Gasteiger partial charge in [0, 0.05) is 23.4 Å². The summed E-state index contributed by atoms with van der Waals surface area (Å²) in [6, 6.07) is 6.95. The molecule has 0 saturated heterocycles. The number of hydrogen-bond donors (Lipinski definition) is 2. The van der Waals surface area contributed by atoms with Gasteiger partial charge in [0.15, 0.2) is 0 Å². The van der Waals surface area contributed by atoms with Crippen LogP contribution in [0.25, 0.3) is 0 Å². The van der Waals surface area contributed by atoms with E-state index in [1.54, 1.807) is 25.1 Å². The molecular formula is C18H18F2N2O4. The Kier molecular flexibility index (Phi) is 6.11. The first-order valence-electron chi connectivity index (χ1n) is 7.64. The number of hydrogen-bond acceptors (Lipinski definition) is 4. The topological polar surface area (TPSA) is 76.7 Å². The lowest BCUT2D eigenvalue weighted by molar-refractivity contribution is -0.136. The molecule has 1 atom stereocenters. The molecule has 0 fully saturated rings. The molecule has 0 aliphatic heterocycles. The van der Waals surface area contributed by atoms with E-state index in [1.807, 2.05) is 0 Å². The molecule has 2 aromatic rings. The standard InChI is InChI=1S/C18H18F2N2O4/c1-10(15-5-4-14(25-2)9-16(15)26-3)21-17(23)18(24)22-13-7-11(19)6-12(20)8-13/h4-10H,1-3H3,(H,21,23)(H,22,24). The lowest BCUT2D eigenvalue weighted by atomic mass is 10.1. The van der Waals surface area contributed by atoms with E-state index < -0.39 is 29.5 Å². The Bertz CT molecular complexity index is 807. The monoisotopic (exact) mass is 364 g/mol. The van der Waals surface area contributed by atoms with Crippen LogP contribution in [-0.2, 0) is 9.59 Å². The second-order valence-corrected chi connectivity index (χ2v) is 5.42. The van der Waals surface area contributed by atoms with Crippen LogP contribution < -0.4 is 20.1 Å². The SMILES string of the molecule is COc1ccc(C(C)NC(=O)C(=O)Nc2cc(F)cc(F)c2)c(OC)c1. The third kappa shape index (κ3) is 4.69. The van der Waals surface area contributed by atoms with Crippen LogP contribution in [-0.4, -0.2) is 26.0 Å². The largest absolute Gasteiger partial charge is 0.497 e. The lowest BCUT2D eigenvalue weighted by Crippen LogP contribution is -2.37. The maximum absolute atomic E-state index is 13.1. The Labute approximate surface area is 149 Å². The van der Waals surface area contributed by atoms with Gasteiger partial charge in [-0.3, -0.25) is 9.59 Å². The summed E-state index contributed by atoms with van der Waals surface area (Å²) in [6.07, 6.45) is 0. The fourth-order valence-electron chi connectivity index (χ4n) is 2.33. The molecule has 138 valence electrons. The summed E-state index contributed by atoms with van der Waals surface area (Å²) in [5.74, 6) is -2.68. The number of carbonyl (C=O) groups excluding carboxylic acids is 2. The highest BCUT2D eigenvalue weighted by Gasteiger charge is 2.20. The van der Waals surface area contributed by atoms with Crippen molar-refractivity contribution < 1.29 is 27.8 Å². The van der Waals surface area contributed by atoms with Crippen LogP contribution in [0.4, 0.5) is 14.5 Å². The number of methoxy groups -OCH3 is 2. The molecule has 2 amide bonds. The fourth-order valence-corrected chi connectivity index (χ4v) is 2.33. The summed E-state index contributed by atoms with van der Waals surface area (Å²) in [4.78, 5) is 24.0. The predicted molar refractivity (Wildman–Crippen MR) is 91.1 cm³/mol. The number of anilines is 1. The smallest absolute Gasteiger partial charge is 0.313 e. The van der Waals surface area contributed by atoms with E-state index in [4.69, 9.17) is 9.47 Å². The van der Waals surface area contributed by atoms with Crippen LogP contribution in [0.5, 0.6) is 11.5 Å². The summed E-state index contributed by atoms with van der Waals surface area (Å²) >= 11 is 0. The average Bonchev–Trinajstić information content (AvgIpc) is 2.59. The molecule has 0 bridgehead atoms. The molecule has 2 aromatic carbocycles. The maximum Gasteiger partial charge on any atom is 0.313 e. The molecule has 2 rings (SSSR count). The first kappa shape index (κ1) is 19.2. The normalized spacial score (nSPS) is 11.4. The van der Waals surface area contributed by atoms with E-state index in [1.165, 1.54) is 14.2 Å². The van der Waals surface area contributed by atoms with Gasteiger partial charge in [0.05, 0.1) is 20.3 Å². The molecule has 0 aliphatic carbocycles. The van der Waals surface area contributed by atoms with Crippen molar-refractivity contribution in [3.63, 3.8) is 0 Å². The van der Waals surface area contributed by atoms with Crippen LogP contribution in [0, 0.1) is 11.6 Å². The second-order valence-electron chi connectivity index (χ2n) is 5.42. The highest BCUT2D eigenvalue weighted by atomic mass is 19.1. The number of nitrogens with one attached hydrogen (secondary N) is 2. The minimum absolute atomic E-state index is 0.155. The summed E-state index contributed by atoms with van der Waals surface area (Å²) in [7, 11) is 2.98. The molecular weight excluding hydrogens is 346 g/mol. The summed E-state index contributed by atoms with van der Waals surface area (Å²) in [6.45, 7) is 1.66. The second kappa shape index (κ2) is 8.28. The van der Waals surface area contributed by atoms with Gasteiger partial charge in [-0.2, -0.15) is 0 Å². The van der Waals surface area contributed by atoms with E-state index in [9.17, 15) is 18.4 Å². The van der Waals surface area contributed by atoms with Crippen molar-refractivity contribution in [2.45, 2.75) is 13.0 Å². The van der Waals surface area contributed by atoms with Gasteiger partial charge in [-0.15, -0.1) is 0 Å². The van der Waals surface area contributed by atoms with E-state index in [2.05, 4.69) is 10.6 Å². The number of carbonyl (C=O) groups is 2. The van der Waals surface area contributed by atoms with Crippen molar-refractivity contribution in [1.82, 2.24) is 5.32 Å². The number of benzene rings is 2. The minimum Gasteiger partial charge on any atom is -0.497 e. The van der Waals surface area contributed by atoms with Crippen LogP contribution in [0.15, 0.2) is 36.4 Å². The quantitative estimate of drug-likeness (QED) is 0.800. The van der Waals surface area contributed by atoms with Crippen LogP contribution in [0.3, 0.4) is 0 Å². The van der Waals surface area contributed by atoms with Crippen molar-refractivity contribution in [3.8, 4) is 11.5 Å². The van der Waals surface area contributed by atoms with E-state index in [0.717, 1.165) is 12.1 Å². The molecule has 0 aromatic heterocycles. The Morgan fingerprint density at radius 1 is 0.962 bits per heavy atom. The van der Waals surface area contributed by atoms with Crippen LogP contribution >= 0.6 is 0 Å². The number of halogens is 2. The number of amides is 2. The maximum atomic E-state index is 13.1. The predicted octanol–water partition coefficient (Wildman–Crippen LogP) is 2.80. The Hall–Kier alpha value is -3.16. The Morgan fingerprint density at radius 3 is 2.19 bits per heavy atom. The van der Waals surface area contributed by atoms with Gasteiger partial charge in [-0.05, 0) is 31.2 Å². The zero-order valence-corrected chi connectivity index (χ0v) is 14.4. The number of ether oxygens (including phenoxy) is 2. The molecule has 0 aliphatic rings. The Morgan fingerprint density at radius 2 is 1.62 bits per heavy atom. The highest BCUT2D eigenvalue weighted by Crippen LogP contribution is 2.29. The van der Waals surface area contributed by atoms with Crippen LogP contribution in [0.2, 0.25) is 0 Å². The van der Waals surface area contributed by atoms with Crippen molar-refractivity contribution >= 4 is 17.5 Å². The van der Waals surface area contributed by atoms with E-state index in [0.29, 0.717) is 23.1 Å². The van der Waals surface area contributed by atoms with Gasteiger partial charge < -0.3 is 20.1 Å². The summed E-state index contributed by atoms with van der Waals surface area (Å²) < 4.78 is 36.6. The molecule has 26 heavy (non-hydrogen) atoms. The molecule has 6 nitrogen and oxygen atoms in total. The molecule has 0 saturated carbocycles. The zero-order valence-electron chi connectivity index (χ0n) is 14.4. The molecule has 1 unspecified atom stereocenters. The third-order valence-electron chi connectivity index (χ3n) is 3.58. The van der Waals surface area contributed by atoms with Crippen molar-refractivity contribution in [1.29, 1.82) is 0 Å². The number of rotatable bonds is 5. The molecule has 8 heteroatoms. The van der Waals surface area contributed by atoms with Gasteiger partial charge in [0.1, 0.15) is 23.1 Å². The molecule has 0 heterocycles. The van der Waals surface area contributed by atoms with Gasteiger partial charge in [0.25, 0.3) is 0 Å². The van der Waals surface area contributed by atoms with Gasteiger partial charge in [-0.25, -0.2) is 8.78 Å². The van der Waals surface area contributed by atoms with Gasteiger partial charge in [-0.1, -0.05) is 0 Å². The third-order valence-corrected chi connectivity index (χ3v) is 3.58. The van der Waals surface area contributed by atoms with Gasteiger partial charge >= 0.3 is 11.8 Å². The molecule has 2 N–H and O–H groups in total. The van der Waals surface area contributed by atoms with Gasteiger partial charge in [0.2, 0.25) is 0 Å². The first-order chi connectivity index (χ1) is 12.3. The van der Waals surface area contributed by atoms with E-state index >= 15 is 0 Å². The first-order valence-corrected chi connectivity index (χ1v) is 7.64. The summed E-state index contributed by atoms with van der Waals surface area (Å²) in [5.41, 5.74) is 0.476. The summed E-state index contributed by atoms with van der Waals surface area (Å²) in [5, 5.41) is 4.64. The minimum atomic E-state index is -1.05. The van der Waals surface area contributed by atoms with Crippen molar-refractivity contribution in [2.24, 2.45) is 0 Å². The van der Waals surface area contributed by atoms with Crippen molar-refractivity contribution in [2.75, 3.05) is 19.5 Å². The molecule has 0 radical (unpaired) electrons. The lowest BCUT2D eigenvalue weighted by Gasteiger charge is -2.18. The average molecular weight is 364 g/mol. The fraction of sp³-hybridized carbons (Fsp3) is 0.222. The highest BCUT2D eigenvalue weighted by molar-refractivity contribution is 6.39. The van der Waals surface area contributed by atoms with Crippen LogP contribution in [0.1, 0.15) is 18.5 Å². The zero-order chi connectivity index (χ0) is 19.3. The van der Waals surface area contributed by atoms with E-state index in [-0.39, 0.29) is 5.69 Å².